The molecule has 2 atom stereocenters. The summed E-state index contributed by atoms with van der Waals surface area (Å²) in [4.78, 5) is 25.7. The van der Waals surface area contributed by atoms with E-state index in [4.69, 9.17) is 0 Å². The van der Waals surface area contributed by atoms with Gasteiger partial charge in [0.05, 0.1) is 0 Å². The second-order valence-corrected chi connectivity index (χ2v) is 6.09. The van der Waals surface area contributed by atoms with Crippen molar-refractivity contribution >= 4 is 11.8 Å². The summed E-state index contributed by atoms with van der Waals surface area (Å²) in [5, 5.41) is 6.22. The van der Waals surface area contributed by atoms with Gasteiger partial charge in [-0.2, -0.15) is 0 Å². The number of carbonyl (C=O) groups excluding carboxylic acids is 2. The summed E-state index contributed by atoms with van der Waals surface area (Å²) in [6.45, 7) is 6.83. The summed E-state index contributed by atoms with van der Waals surface area (Å²) >= 11 is 0. The molecule has 2 aliphatic rings. The molecule has 0 radical (unpaired) electrons. The second-order valence-electron chi connectivity index (χ2n) is 6.09. The zero-order chi connectivity index (χ0) is 13.8. The molecule has 0 aromatic heterocycles. The summed E-state index contributed by atoms with van der Waals surface area (Å²) in [6.07, 6.45) is 3.45. The molecule has 1 unspecified atom stereocenters. The number of rotatable bonds is 5. The van der Waals surface area contributed by atoms with E-state index in [-0.39, 0.29) is 17.9 Å². The molecule has 2 saturated heterocycles. The molecule has 0 aromatic rings. The van der Waals surface area contributed by atoms with Crippen molar-refractivity contribution in [3.05, 3.63) is 0 Å². The van der Waals surface area contributed by atoms with Crippen LogP contribution in [-0.2, 0) is 9.59 Å². The minimum atomic E-state index is -0.298. The Morgan fingerprint density at radius 3 is 2.74 bits per heavy atom. The van der Waals surface area contributed by atoms with Gasteiger partial charge in [-0.1, -0.05) is 13.8 Å². The third-order valence-corrected chi connectivity index (χ3v) is 3.79. The Morgan fingerprint density at radius 2 is 2.21 bits per heavy atom. The quantitative estimate of drug-likeness (QED) is 0.762. The smallest absolute Gasteiger partial charge is 0.245 e. The predicted molar refractivity (Wildman–Crippen MR) is 73.6 cm³/mol. The Balaban J connectivity index is 1.94. The van der Waals surface area contributed by atoms with Crippen LogP contribution >= 0.6 is 0 Å². The van der Waals surface area contributed by atoms with E-state index in [1.807, 2.05) is 4.90 Å². The minimum Gasteiger partial charge on any atom is -0.344 e. The van der Waals surface area contributed by atoms with Gasteiger partial charge >= 0.3 is 0 Å². The van der Waals surface area contributed by atoms with Crippen molar-refractivity contribution in [1.29, 1.82) is 0 Å². The molecule has 0 aliphatic carbocycles. The van der Waals surface area contributed by atoms with Crippen LogP contribution in [0.2, 0.25) is 0 Å². The average molecular weight is 267 g/mol. The topological polar surface area (TPSA) is 61.4 Å². The Bertz CT molecular complexity index is 338. The highest BCUT2D eigenvalue weighted by atomic mass is 16.2. The summed E-state index contributed by atoms with van der Waals surface area (Å²) in [7, 11) is 0. The number of hydrogen-bond acceptors (Lipinski definition) is 3. The van der Waals surface area contributed by atoms with Crippen LogP contribution in [0, 0.1) is 5.92 Å². The number of nitrogens with one attached hydrogen (secondary N) is 2. The van der Waals surface area contributed by atoms with Crippen LogP contribution in [0.4, 0.5) is 0 Å². The Kier molecular flexibility index (Phi) is 4.80. The Hall–Kier alpha value is -1.10. The highest BCUT2D eigenvalue weighted by Crippen LogP contribution is 2.14. The second kappa shape index (κ2) is 6.37. The zero-order valence-corrected chi connectivity index (χ0v) is 11.9. The van der Waals surface area contributed by atoms with Crippen LogP contribution in [0.25, 0.3) is 0 Å². The van der Waals surface area contributed by atoms with E-state index in [9.17, 15) is 9.59 Å². The first-order valence-corrected chi connectivity index (χ1v) is 7.38. The molecule has 19 heavy (non-hydrogen) atoms. The normalized spacial score (nSPS) is 26.8. The molecule has 2 aliphatic heterocycles. The van der Waals surface area contributed by atoms with E-state index in [2.05, 4.69) is 24.5 Å². The van der Waals surface area contributed by atoms with Crippen LogP contribution in [0.3, 0.4) is 0 Å². The third-order valence-electron chi connectivity index (χ3n) is 3.79. The van der Waals surface area contributed by atoms with Crippen molar-refractivity contribution in [2.45, 2.75) is 51.6 Å². The molecule has 0 bridgehead atoms. The highest BCUT2D eigenvalue weighted by molar-refractivity contribution is 5.90. The van der Waals surface area contributed by atoms with Gasteiger partial charge in [-0.15, -0.1) is 0 Å². The molecule has 5 nitrogen and oxygen atoms in total. The van der Waals surface area contributed by atoms with Gasteiger partial charge in [-0.05, 0) is 31.7 Å². The minimum absolute atomic E-state index is 0.00170. The largest absolute Gasteiger partial charge is 0.344 e. The summed E-state index contributed by atoms with van der Waals surface area (Å²) < 4.78 is 0. The van der Waals surface area contributed by atoms with E-state index in [0.29, 0.717) is 24.8 Å². The predicted octanol–water partition coefficient (Wildman–Crippen LogP) is 0.502. The molecule has 5 heteroatoms. The third kappa shape index (κ3) is 3.93. The lowest BCUT2D eigenvalue weighted by Crippen LogP contribution is -2.49. The lowest BCUT2D eigenvalue weighted by molar-refractivity contribution is -0.135. The number of nitrogens with zero attached hydrogens (tertiary/aromatic N) is 1. The van der Waals surface area contributed by atoms with Crippen molar-refractivity contribution < 1.29 is 9.59 Å². The lowest BCUT2D eigenvalue weighted by atomic mass is 10.1. The zero-order valence-electron chi connectivity index (χ0n) is 11.9. The molecule has 0 spiro atoms. The monoisotopic (exact) mass is 267 g/mol. The fourth-order valence-corrected chi connectivity index (χ4v) is 2.89. The fraction of sp³-hybridized carbons (Fsp3) is 0.857. The van der Waals surface area contributed by atoms with Gasteiger partial charge in [-0.3, -0.25) is 9.59 Å². The summed E-state index contributed by atoms with van der Waals surface area (Å²) in [5.41, 5.74) is 0. The van der Waals surface area contributed by atoms with Gasteiger partial charge in [0.1, 0.15) is 6.04 Å². The van der Waals surface area contributed by atoms with Crippen molar-refractivity contribution in [2.24, 2.45) is 5.92 Å². The first-order chi connectivity index (χ1) is 9.06. The van der Waals surface area contributed by atoms with E-state index in [1.54, 1.807) is 0 Å². The molecule has 2 rings (SSSR count). The standard InChI is InChI=1S/C14H25N3O2/c1-10(2)8-17(9-11-4-3-7-15-11)14(19)12-5-6-13(18)16-12/h10-12,15H,3-9H2,1-2H3,(H,16,18)/t11?,12-/m0/s1. The molecular weight excluding hydrogens is 242 g/mol. The number of carbonyl (C=O) groups is 2. The molecular formula is C14H25N3O2. The lowest BCUT2D eigenvalue weighted by Gasteiger charge is -2.29. The van der Waals surface area contributed by atoms with Gasteiger partial charge in [0, 0.05) is 25.6 Å². The van der Waals surface area contributed by atoms with E-state index < -0.39 is 0 Å². The van der Waals surface area contributed by atoms with E-state index >= 15 is 0 Å². The van der Waals surface area contributed by atoms with E-state index in [1.165, 1.54) is 6.42 Å². The van der Waals surface area contributed by atoms with Crippen molar-refractivity contribution in [3.8, 4) is 0 Å². The van der Waals surface area contributed by atoms with Crippen LogP contribution in [-0.4, -0.2) is 48.4 Å². The molecule has 2 fully saturated rings. The Labute approximate surface area is 115 Å². The molecule has 0 aromatic carbocycles. The van der Waals surface area contributed by atoms with E-state index in [0.717, 1.165) is 26.1 Å². The highest BCUT2D eigenvalue weighted by Gasteiger charge is 2.32. The summed E-state index contributed by atoms with van der Waals surface area (Å²) in [5.74, 6) is 0.539. The van der Waals surface area contributed by atoms with Gasteiger partial charge < -0.3 is 15.5 Å². The molecule has 2 amide bonds. The molecule has 0 saturated carbocycles. The molecule has 2 N–H and O–H groups in total. The van der Waals surface area contributed by atoms with Crippen LogP contribution in [0.1, 0.15) is 39.5 Å². The average Bonchev–Trinajstić information content (AvgIpc) is 2.98. The molecule has 108 valence electrons. The van der Waals surface area contributed by atoms with Crippen molar-refractivity contribution in [2.75, 3.05) is 19.6 Å². The number of amides is 2. The van der Waals surface area contributed by atoms with Crippen LogP contribution in [0.15, 0.2) is 0 Å². The SMILES string of the molecule is CC(C)CN(CC1CCCN1)C(=O)[C@@H]1CCC(=O)N1. The van der Waals surface area contributed by atoms with Crippen LogP contribution in [0.5, 0.6) is 0 Å². The first kappa shape index (κ1) is 14.3. The number of hydrogen-bond donors (Lipinski definition) is 2. The summed E-state index contributed by atoms with van der Waals surface area (Å²) in [6, 6.07) is 0.118. The van der Waals surface area contributed by atoms with Gasteiger partial charge in [0.25, 0.3) is 0 Å². The van der Waals surface area contributed by atoms with Crippen LogP contribution < -0.4 is 10.6 Å². The van der Waals surface area contributed by atoms with Gasteiger partial charge in [-0.25, -0.2) is 0 Å². The molecule has 2 heterocycles. The maximum absolute atomic E-state index is 12.5. The maximum atomic E-state index is 12.5. The fourth-order valence-electron chi connectivity index (χ4n) is 2.89. The van der Waals surface area contributed by atoms with Crippen molar-refractivity contribution in [1.82, 2.24) is 15.5 Å². The van der Waals surface area contributed by atoms with Crippen molar-refractivity contribution in [3.63, 3.8) is 0 Å². The Morgan fingerprint density at radius 1 is 1.42 bits per heavy atom. The van der Waals surface area contributed by atoms with Gasteiger partial charge in [0.2, 0.25) is 11.8 Å². The first-order valence-electron chi connectivity index (χ1n) is 7.38. The van der Waals surface area contributed by atoms with Gasteiger partial charge in [0.15, 0.2) is 0 Å². The maximum Gasteiger partial charge on any atom is 0.245 e.